The van der Waals surface area contributed by atoms with Crippen molar-refractivity contribution in [2.75, 3.05) is 12.1 Å². The maximum absolute atomic E-state index is 12.1. The lowest BCUT2D eigenvalue weighted by molar-refractivity contribution is -0.116. The second kappa shape index (κ2) is 6.20. The van der Waals surface area contributed by atoms with E-state index < -0.39 is 11.6 Å². The first-order chi connectivity index (χ1) is 11.5. The Labute approximate surface area is 137 Å². The highest BCUT2D eigenvalue weighted by Crippen LogP contribution is 2.39. The van der Waals surface area contributed by atoms with Crippen LogP contribution in [0.25, 0.3) is 0 Å². The molecule has 1 aromatic rings. The summed E-state index contributed by atoms with van der Waals surface area (Å²) < 4.78 is 10.3. The van der Waals surface area contributed by atoms with Crippen LogP contribution in [0.5, 0.6) is 11.5 Å². The number of amides is 1. The molecule has 2 aliphatic heterocycles. The number of carboxylic acid groups (broad SMARTS) is 1. The number of nitrogens with zero attached hydrogens (tertiary/aromatic N) is 2. The molecule has 0 radical (unpaired) electrons. The molecule has 2 aliphatic rings. The topological polar surface area (TPSA) is 110 Å². The summed E-state index contributed by atoms with van der Waals surface area (Å²) in [6.45, 7) is -0.0479. The number of ether oxygens (including phenoxy) is 2. The van der Waals surface area contributed by atoms with E-state index in [1.54, 1.807) is 0 Å². The summed E-state index contributed by atoms with van der Waals surface area (Å²) in [5, 5.41) is 19.8. The number of benzene rings is 1. The third-order valence-electron chi connectivity index (χ3n) is 3.79. The van der Waals surface area contributed by atoms with Crippen LogP contribution >= 0.6 is 0 Å². The van der Waals surface area contributed by atoms with Gasteiger partial charge in [0.05, 0.1) is 0 Å². The van der Waals surface area contributed by atoms with E-state index in [4.69, 9.17) is 15.9 Å². The Balaban J connectivity index is 1.62. The van der Waals surface area contributed by atoms with Gasteiger partial charge in [0.1, 0.15) is 5.56 Å². The lowest BCUT2D eigenvalue weighted by Crippen LogP contribution is -2.18. The van der Waals surface area contributed by atoms with Crippen LogP contribution < -0.4 is 14.8 Å². The van der Waals surface area contributed by atoms with Crippen molar-refractivity contribution in [1.29, 1.82) is 0 Å². The molecule has 24 heavy (non-hydrogen) atoms. The molecule has 3 rings (SSSR count). The fourth-order valence-electron chi connectivity index (χ4n) is 2.45. The lowest BCUT2D eigenvalue weighted by Gasteiger charge is -2.10. The zero-order valence-electron chi connectivity index (χ0n) is 12.7. The molecule has 0 aromatic heterocycles. The zero-order valence-corrected chi connectivity index (χ0v) is 12.7. The van der Waals surface area contributed by atoms with E-state index in [1.165, 1.54) is 12.1 Å². The minimum absolute atomic E-state index is 0.0479. The number of rotatable bonds is 7. The Kier molecular flexibility index (Phi) is 4.08. The number of aromatic carboxylic acids is 1. The number of nitrogens with one attached hydrogen (secondary N) is 1. The van der Waals surface area contributed by atoms with Gasteiger partial charge in [0.2, 0.25) is 12.7 Å². The highest BCUT2D eigenvalue weighted by atomic mass is 16.7. The average Bonchev–Trinajstić information content (AvgIpc) is 3.17. The number of anilines is 1. The maximum Gasteiger partial charge on any atom is 0.339 e. The van der Waals surface area contributed by atoms with Gasteiger partial charge in [0, 0.05) is 37.4 Å². The smallest absolute Gasteiger partial charge is 0.339 e. The quantitative estimate of drug-likeness (QED) is 0.747. The summed E-state index contributed by atoms with van der Waals surface area (Å²) >= 11 is 0. The number of hydrogen-bond donors (Lipinski definition) is 2. The highest BCUT2D eigenvalue weighted by Gasteiger charge is 2.39. The van der Waals surface area contributed by atoms with Gasteiger partial charge in [-0.25, -0.2) is 4.79 Å². The number of carboxylic acids is 1. The molecule has 0 bridgehead atoms. The molecule has 124 valence electrons. The molecule has 0 atom stereocenters. The van der Waals surface area contributed by atoms with E-state index in [1.807, 2.05) is 0 Å². The summed E-state index contributed by atoms with van der Waals surface area (Å²) in [7, 11) is 0. The van der Waals surface area contributed by atoms with Crippen molar-refractivity contribution in [2.24, 2.45) is 10.2 Å². The average molecular weight is 329 g/mol. The molecule has 0 saturated heterocycles. The molecule has 2 heterocycles. The van der Waals surface area contributed by atoms with Crippen LogP contribution in [0.4, 0.5) is 5.69 Å². The largest absolute Gasteiger partial charge is 0.478 e. The standard InChI is InChI=1S/C16H15N3O5/c1-2-3-5-16(18-19-16)6-4-13(20)17-10-7-11(15(21)22)14-12(8-10)23-9-24-14/h1,7-8H,3-6,9H2,(H,17,20)(H,21,22). The minimum Gasteiger partial charge on any atom is -0.478 e. The van der Waals surface area contributed by atoms with Gasteiger partial charge in [-0.2, -0.15) is 10.2 Å². The van der Waals surface area contributed by atoms with E-state index in [2.05, 4.69) is 21.5 Å². The zero-order chi connectivity index (χ0) is 17.2. The number of carbonyl (C=O) groups excluding carboxylic acids is 1. The third-order valence-corrected chi connectivity index (χ3v) is 3.79. The van der Waals surface area contributed by atoms with Crippen molar-refractivity contribution >= 4 is 17.6 Å². The van der Waals surface area contributed by atoms with Gasteiger partial charge in [-0.3, -0.25) is 4.79 Å². The molecule has 0 aliphatic carbocycles. The summed E-state index contributed by atoms with van der Waals surface area (Å²) in [6.07, 6.45) is 7.08. The predicted molar refractivity (Wildman–Crippen MR) is 83.0 cm³/mol. The van der Waals surface area contributed by atoms with Crippen molar-refractivity contribution in [3.63, 3.8) is 0 Å². The van der Waals surface area contributed by atoms with Crippen LogP contribution in [0, 0.1) is 12.3 Å². The van der Waals surface area contributed by atoms with Crippen LogP contribution in [0.3, 0.4) is 0 Å². The SMILES string of the molecule is C#CCCC1(CCC(=O)Nc2cc3c(c(C(=O)O)c2)OCO3)N=N1. The highest BCUT2D eigenvalue weighted by molar-refractivity contribution is 5.97. The van der Waals surface area contributed by atoms with Gasteiger partial charge < -0.3 is 19.9 Å². The molecule has 8 nitrogen and oxygen atoms in total. The number of carbonyl (C=O) groups is 2. The van der Waals surface area contributed by atoms with Gasteiger partial charge in [0.15, 0.2) is 17.2 Å². The van der Waals surface area contributed by atoms with Gasteiger partial charge in [-0.15, -0.1) is 12.3 Å². The molecule has 0 unspecified atom stereocenters. The summed E-state index contributed by atoms with van der Waals surface area (Å²) in [6, 6.07) is 2.88. The van der Waals surface area contributed by atoms with Crippen molar-refractivity contribution in [2.45, 2.75) is 31.3 Å². The summed E-state index contributed by atoms with van der Waals surface area (Å²) in [5.74, 6) is 1.58. The Morgan fingerprint density at radius 2 is 2.12 bits per heavy atom. The number of hydrogen-bond acceptors (Lipinski definition) is 6. The van der Waals surface area contributed by atoms with E-state index in [0.29, 0.717) is 30.7 Å². The van der Waals surface area contributed by atoms with E-state index in [-0.39, 0.29) is 30.4 Å². The first kappa shape index (κ1) is 15.8. The van der Waals surface area contributed by atoms with Gasteiger partial charge in [-0.1, -0.05) is 0 Å². The maximum atomic E-state index is 12.1. The van der Waals surface area contributed by atoms with E-state index >= 15 is 0 Å². The number of terminal acetylenes is 1. The molecular formula is C16H15N3O5. The van der Waals surface area contributed by atoms with Crippen LogP contribution in [0.1, 0.15) is 36.0 Å². The van der Waals surface area contributed by atoms with Crippen LogP contribution in [-0.2, 0) is 4.79 Å². The third kappa shape index (κ3) is 3.30. The molecule has 8 heteroatoms. The molecule has 2 N–H and O–H groups in total. The minimum atomic E-state index is -1.16. The van der Waals surface area contributed by atoms with Gasteiger partial charge in [-0.05, 0) is 6.07 Å². The summed E-state index contributed by atoms with van der Waals surface area (Å²) in [5.41, 5.74) is -0.243. The van der Waals surface area contributed by atoms with E-state index in [9.17, 15) is 14.7 Å². The Hall–Kier alpha value is -3.08. The van der Waals surface area contributed by atoms with Crippen LogP contribution in [0.2, 0.25) is 0 Å². The normalized spacial score (nSPS) is 15.6. The fraction of sp³-hybridized carbons (Fsp3) is 0.375. The molecule has 1 aromatic carbocycles. The van der Waals surface area contributed by atoms with Gasteiger partial charge in [0.25, 0.3) is 0 Å². The molecule has 0 spiro atoms. The second-order valence-electron chi connectivity index (χ2n) is 5.50. The van der Waals surface area contributed by atoms with Crippen molar-refractivity contribution in [3.05, 3.63) is 17.7 Å². The number of fused-ring (bicyclic) bond motifs is 1. The molecule has 0 saturated carbocycles. The predicted octanol–water partition coefficient (Wildman–Crippen LogP) is 2.41. The molecule has 1 amide bonds. The molecule has 0 fully saturated rings. The Bertz CT molecular complexity index is 760. The van der Waals surface area contributed by atoms with E-state index in [0.717, 1.165) is 0 Å². The van der Waals surface area contributed by atoms with Crippen molar-refractivity contribution < 1.29 is 24.2 Å². The lowest BCUT2D eigenvalue weighted by atomic mass is 10.0. The van der Waals surface area contributed by atoms with Crippen LogP contribution in [-0.4, -0.2) is 29.4 Å². The molecular weight excluding hydrogens is 314 g/mol. The second-order valence-corrected chi connectivity index (χ2v) is 5.50. The first-order valence-corrected chi connectivity index (χ1v) is 7.37. The van der Waals surface area contributed by atoms with Crippen molar-refractivity contribution in [1.82, 2.24) is 0 Å². The monoisotopic (exact) mass is 329 g/mol. The Morgan fingerprint density at radius 3 is 2.79 bits per heavy atom. The van der Waals surface area contributed by atoms with Crippen molar-refractivity contribution in [3.8, 4) is 23.8 Å². The fourth-order valence-corrected chi connectivity index (χ4v) is 2.45. The first-order valence-electron chi connectivity index (χ1n) is 7.37. The Morgan fingerprint density at radius 1 is 1.33 bits per heavy atom. The summed E-state index contributed by atoms with van der Waals surface area (Å²) in [4.78, 5) is 23.4. The van der Waals surface area contributed by atoms with Gasteiger partial charge >= 0.3 is 5.97 Å². The van der Waals surface area contributed by atoms with Crippen LogP contribution in [0.15, 0.2) is 22.4 Å².